The highest BCUT2D eigenvalue weighted by Crippen LogP contribution is 2.26. The number of para-hydroxylation sites is 1. The number of carbonyl (C=O) groups is 1. The lowest BCUT2D eigenvalue weighted by Gasteiger charge is -2.07. The van der Waals surface area contributed by atoms with E-state index >= 15 is 0 Å². The second-order valence-corrected chi connectivity index (χ2v) is 6.06. The van der Waals surface area contributed by atoms with Gasteiger partial charge in [0.2, 0.25) is 0 Å². The minimum absolute atomic E-state index is 0.0957. The zero-order valence-corrected chi connectivity index (χ0v) is 13.4. The number of hydrogen-bond acceptors (Lipinski definition) is 3. The van der Waals surface area contributed by atoms with E-state index in [4.69, 9.17) is 0 Å². The van der Waals surface area contributed by atoms with E-state index in [1.54, 1.807) is 12.1 Å². The van der Waals surface area contributed by atoms with E-state index < -0.39 is 0 Å². The lowest BCUT2D eigenvalue weighted by molar-refractivity contribution is 0.0943. The zero-order chi connectivity index (χ0) is 16.7. The summed E-state index contributed by atoms with van der Waals surface area (Å²) in [6.07, 6.45) is 0. The molecule has 0 atom stereocenters. The molecule has 6 heteroatoms. The molecule has 0 aliphatic heterocycles. The molecule has 0 spiro atoms. The number of aromatic amines is 2. The predicted octanol–water partition coefficient (Wildman–Crippen LogP) is 3.24. The minimum atomic E-state index is -0.0957. The lowest BCUT2D eigenvalue weighted by Crippen LogP contribution is -2.29. The second kappa shape index (κ2) is 5.49. The third-order valence-corrected chi connectivity index (χ3v) is 3.86. The molecule has 4 rings (SSSR count). The van der Waals surface area contributed by atoms with Crippen LogP contribution in [0.2, 0.25) is 0 Å². The number of fused-ring (bicyclic) bond motifs is 2. The summed E-state index contributed by atoms with van der Waals surface area (Å²) in [6, 6.07) is 13.5. The Morgan fingerprint density at radius 3 is 2.79 bits per heavy atom. The van der Waals surface area contributed by atoms with Gasteiger partial charge in [-0.05, 0) is 38.1 Å². The zero-order valence-electron chi connectivity index (χ0n) is 13.4. The average molecular weight is 319 g/mol. The van der Waals surface area contributed by atoms with Crippen LogP contribution in [0.25, 0.3) is 33.5 Å². The van der Waals surface area contributed by atoms with Gasteiger partial charge in [0, 0.05) is 17.0 Å². The van der Waals surface area contributed by atoms with Crippen molar-refractivity contribution < 1.29 is 4.79 Å². The highest BCUT2D eigenvalue weighted by molar-refractivity contribution is 5.98. The van der Waals surface area contributed by atoms with Crippen LogP contribution in [-0.4, -0.2) is 32.1 Å². The van der Waals surface area contributed by atoms with Crippen molar-refractivity contribution in [3.63, 3.8) is 0 Å². The van der Waals surface area contributed by atoms with Gasteiger partial charge in [-0.2, -0.15) is 5.10 Å². The Balaban J connectivity index is 1.77. The molecule has 0 saturated carbocycles. The van der Waals surface area contributed by atoms with E-state index in [2.05, 4.69) is 25.5 Å². The van der Waals surface area contributed by atoms with E-state index in [-0.39, 0.29) is 11.9 Å². The normalized spacial score (nSPS) is 11.5. The van der Waals surface area contributed by atoms with Crippen molar-refractivity contribution in [1.29, 1.82) is 0 Å². The Hall–Kier alpha value is -3.15. The Morgan fingerprint density at radius 1 is 1.12 bits per heavy atom. The topological polar surface area (TPSA) is 86.5 Å². The van der Waals surface area contributed by atoms with Crippen LogP contribution in [0.3, 0.4) is 0 Å². The third kappa shape index (κ3) is 2.42. The first-order chi connectivity index (χ1) is 11.6. The summed E-state index contributed by atoms with van der Waals surface area (Å²) in [5.74, 6) is 0.588. The molecule has 6 nitrogen and oxygen atoms in total. The van der Waals surface area contributed by atoms with Crippen molar-refractivity contribution in [3.8, 4) is 11.5 Å². The molecule has 120 valence electrons. The van der Waals surface area contributed by atoms with Gasteiger partial charge in [-0.15, -0.1) is 0 Å². The molecule has 1 amide bonds. The van der Waals surface area contributed by atoms with Crippen molar-refractivity contribution in [2.24, 2.45) is 0 Å². The number of amides is 1. The van der Waals surface area contributed by atoms with Crippen LogP contribution in [-0.2, 0) is 0 Å². The molecule has 0 aliphatic rings. The summed E-state index contributed by atoms with van der Waals surface area (Å²) in [7, 11) is 0. The van der Waals surface area contributed by atoms with Crippen LogP contribution in [0.15, 0.2) is 42.5 Å². The van der Waals surface area contributed by atoms with Gasteiger partial charge in [-0.1, -0.05) is 18.2 Å². The van der Waals surface area contributed by atoms with Gasteiger partial charge in [0.25, 0.3) is 5.91 Å². The first-order valence-corrected chi connectivity index (χ1v) is 7.86. The quantitative estimate of drug-likeness (QED) is 0.542. The molecule has 24 heavy (non-hydrogen) atoms. The van der Waals surface area contributed by atoms with Crippen LogP contribution >= 0.6 is 0 Å². The monoisotopic (exact) mass is 319 g/mol. The molecule has 0 aliphatic carbocycles. The second-order valence-electron chi connectivity index (χ2n) is 6.06. The van der Waals surface area contributed by atoms with E-state index in [0.717, 1.165) is 27.6 Å². The molecular weight excluding hydrogens is 302 g/mol. The number of rotatable bonds is 3. The molecule has 4 aromatic rings. The third-order valence-electron chi connectivity index (χ3n) is 3.86. The summed E-state index contributed by atoms with van der Waals surface area (Å²) in [5.41, 5.74) is 3.95. The molecule has 2 heterocycles. The first kappa shape index (κ1) is 14.4. The van der Waals surface area contributed by atoms with Gasteiger partial charge in [-0.25, -0.2) is 4.98 Å². The summed E-state index contributed by atoms with van der Waals surface area (Å²) < 4.78 is 0. The number of benzene rings is 2. The Labute approximate surface area is 138 Å². The van der Waals surface area contributed by atoms with E-state index in [1.807, 2.05) is 44.2 Å². The van der Waals surface area contributed by atoms with Crippen LogP contribution in [0.4, 0.5) is 0 Å². The standard InChI is InChI=1S/C18H17N5O/c1-10(2)19-18(24)11-7-8-14-15(9-11)21-17(20-14)16-12-5-3-4-6-13(12)22-23-16/h3-10H,1-2H3,(H,19,24)(H,20,21)(H,22,23). The van der Waals surface area contributed by atoms with Crippen molar-refractivity contribution in [1.82, 2.24) is 25.5 Å². The predicted molar refractivity (Wildman–Crippen MR) is 93.8 cm³/mol. The number of H-pyrrole nitrogens is 2. The van der Waals surface area contributed by atoms with Crippen molar-refractivity contribution >= 4 is 27.8 Å². The van der Waals surface area contributed by atoms with Crippen LogP contribution < -0.4 is 5.32 Å². The number of aromatic nitrogens is 4. The number of imidazole rings is 1. The molecule has 2 aromatic heterocycles. The van der Waals surface area contributed by atoms with Gasteiger partial charge in [-0.3, -0.25) is 9.89 Å². The number of carbonyl (C=O) groups excluding carboxylic acids is 1. The van der Waals surface area contributed by atoms with Crippen molar-refractivity contribution in [3.05, 3.63) is 48.0 Å². The van der Waals surface area contributed by atoms with Crippen molar-refractivity contribution in [2.45, 2.75) is 19.9 Å². The fourth-order valence-electron chi connectivity index (χ4n) is 2.75. The molecule has 2 aromatic carbocycles. The lowest BCUT2D eigenvalue weighted by atomic mass is 10.2. The number of hydrogen-bond donors (Lipinski definition) is 3. The first-order valence-electron chi connectivity index (χ1n) is 7.86. The molecule has 0 unspecified atom stereocenters. The highest BCUT2D eigenvalue weighted by Gasteiger charge is 2.14. The van der Waals surface area contributed by atoms with Gasteiger partial charge in [0.1, 0.15) is 5.69 Å². The molecule has 0 radical (unpaired) electrons. The van der Waals surface area contributed by atoms with Crippen LogP contribution in [0.5, 0.6) is 0 Å². The van der Waals surface area contributed by atoms with Gasteiger partial charge >= 0.3 is 0 Å². The smallest absolute Gasteiger partial charge is 0.251 e. The van der Waals surface area contributed by atoms with Gasteiger partial charge < -0.3 is 10.3 Å². The molecular formula is C18H17N5O. The van der Waals surface area contributed by atoms with Crippen LogP contribution in [0.1, 0.15) is 24.2 Å². The summed E-state index contributed by atoms with van der Waals surface area (Å²) in [5, 5.41) is 11.3. The average Bonchev–Trinajstić information content (AvgIpc) is 3.16. The molecule has 0 saturated heterocycles. The van der Waals surface area contributed by atoms with E-state index in [1.165, 1.54) is 0 Å². The largest absolute Gasteiger partial charge is 0.350 e. The van der Waals surface area contributed by atoms with E-state index in [0.29, 0.717) is 11.4 Å². The highest BCUT2D eigenvalue weighted by atomic mass is 16.1. The Morgan fingerprint density at radius 2 is 1.96 bits per heavy atom. The SMILES string of the molecule is CC(C)NC(=O)c1ccc2[nH]c(-c3n[nH]c4ccccc34)nc2c1. The summed E-state index contributed by atoms with van der Waals surface area (Å²) >= 11 is 0. The van der Waals surface area contributed by atoms with Crippen molar-refractivity contribution in [2.75, 3.05) is 0 Å². The number of nitrogens with one attached hydrogen (secondary N) is 3. The fourth-order valence-corrected chi connectivity index (χ4v) is 2.75. The van der Waals surface area contributed by atoms with Gasteiger partial charge in [0.05, 0.1) is 16.6 Å². The van der Waals surface area contributed by atoms with Crippen LogP contribution in [0, 0.1) is 0 Å². The maximum Gasteiger partial charge on any atom is 0.251 e. The minimum Gasteiger partial charge on any atom is -0.350 e. The Kier molecular flexibility index (Phi) is 3.30. The molecule has 3 N–H and O–H groups in total. The summed E-state index contributed by atoms with van der Waals surface area (Å²) in [6.45, 7) is 3.87. The van der Waals surface area contributed by atoms with E-state index in [9.17, 15) is 4.79 Å². The maximum absolute atomic E-state index is 12.1. The molecule has 0 bridgehead atoms. The molecule has 0 fully saturated rings. The summed E-state index contributed by atoms with van der Waals surface area (Å²) in [4.78, 5) is 20.0. The number of nitrogens with zero attached hydrogens (tertiary/aromatic N) is 2. The fraction of sp³-hybridized carbons (Fsp3) is 0.167. The van der Waals surface area contributed by atoms with Gasteiger partial charge in [0.15, 0.2) is 5.82 Å². The maximum atomic E-state index is 12.1. The Bertz CT molecular complexity index is 1040.